The van der Waals surface area contributed by atoms with E-state index in [1.807, 2.05) is 24.3 Å². The van der Waals surface area contributed by atoms with Gasteiger partial charge < -0.3 is 10.3 Å². The van der Waals surface area contributed by atoms with Crippen molar-refractivity contribution in [2.75, 3.05) is 25.0 Å². The molecule has 154 valence electrons. The van der Waals surface area contributed by atoms with Crippen molar-refractivity contribution in [2.24, 2.45) is 5.92 Å². The zero-order chi connectivity index (χ0) is 20.5. The van der Waals surface area contributed by atoms with Crippen LogP contribution in [0, 0.1) is 5.92 Å². The number of carbonyl (C=O) groups excluding carboxylic acids is 2. The number of aromatic nitrogens is 1. The third-order valence-electron chi connectivity index (χ3n) is 6.39. The summed E-state index contributed by atoms with van der Waals surface area (Å²) in [5.74, 6) is 0.737. The fourth-order valence-corrected chi connectivity index (χ4v) is 4.54. The van der Waals surface area contributed by atoms with Gasteiger partial charge in [0.05, 0.1) is 12.2 Å². The number of benzene rings is 2. The van der Waals surface area contributed by atoms with E-state index in [0.717, 1.165) is 49.7 Å². The molecular formula is C25H27N3O2. The van der Waals surface area contributed by atoms with Crippen molar-refractivity contribution in [1.82, 2.24) is 9.88 Å². The lowest BCUT2D eigenvalue weighted by atomic mass is 9.89. The number of Topliss-reactive ketones (excluding diaryl/α,β-unsaturated/α-hetero) is 1. The van der Waals surface area contributed by atoms with Gasteiger partial charge in [-0.2, -0.15) is 0 Å². The Kier molecular flexibility index (Phi) is 5.13. The van der Waals surface area contributed by atoms with Crippen LogP contribution in [0.2, 0.25) is 0 Å². The summed E-state index contributed by atoms with van der Waals surface area (Å²) in [7, 11) is 0. The predicted molar refractivity (Wildman–Crippen MR) is 119 cm³/mol. The Hall–Kier alpha value is -2.92. The van der Waals surface area contributed by atoms with Gasteiger partial charge in [-0.1, -0.05) is 48.5 Å². The molecule has 1 saturated carbocycles. The summed E-state index contributed by atoms with van der Waals surface area (Å²) in [5.41, 5.74) is 3.48. The highest BCUT2D eigenvalue weighted by atomic mass is 16.2. The minimum absolute atomic E-state index is 0.0530. The Morgan fingerprint density at radius 1 is 0.933 bits per heavy atom. The summed E-state index contributed by atoms with van der Waals surface area (Å²) >= 11 is 0. The van der Waals surface area contributed by atoms with E-state index in [9.17, 15) is 9.59 Å². The van der Waals surface area contributed by atoms with E-state index in [1.54, 1.807) is 0 Å². The highest BCUT2D eigenvalue weighted by Crippen LogP contribution is 2.37. The molecule has 1 aliphatic carbocycles. The first kappa shape index (κ1) is 19.1. The summed E-state index contributed by atoms with van der Waals surface area (Å²) in [6, 6.07) is 18.4. The molecule has 2 N–H and O–H groups in total. The highest BCUT2D eigenvalue weighted by Gasteiger charge is 2.34. The number of para-hydroxylation sites is 1. The first-order valence-electron chi connectivity index (χ1n) is 10.9. The quantitative estimate of drug-likeness (QED) is 0.594. The van der Waals surface area contributed by atoms with E-state index in [2.05, 4.69) is 45.5 Å². The minimum Gasteiger partial charge on any atom is -0.350 e. The number of nitrogens with one attached hydrogen (secondary N) is 2. The average molecular weight is 402 g/mol. The Bertz CT molecular complexity index is 1060. The van der Waals surface area contributed by atoms with Crippen LogP contribution in [0.3, 0.4) is 0 Å². The van der Waals surface area contributed by atoms with Crippen molar-refractivity contribution in [1.29, 1.82) is 0 Å². The van der Waals surface area contributed by atoms with Crippen LogP contribution in [-0.4, -0.2) is 41.2 Å². The van der Waals surface area contributed by atoms with Crippen molar-refractivity contribution in [3.05, 3.63) is 65.9 Å². The van der Waals surface area contributed by atoms with Gasteiger partial charge >= 0.3 is 0 Å². The van der Waals surface area contributed by atoms with Crippen LogP contribution in [0.5, 0.6) is 0 Å². The van der Waals surface area contributed by atoms with Gasteiger partial charge in [0.15, 0.2) is 5.78 Å². The van der Waals surface area contributed by atoms with E-state index in [0.29, 0.717) is 23.8 Å². The molecular weight excluding hydrogens is 374 g/mol. The smallest absolute Gasteiger partial charge is 0.238 e. The number of likely N-dealkylation sites (tertiary alicyclic amines) is 1. The zero-order valence-electron chi connectivity index (χ0n) is 17.1. The second-order valence-electron chi connectivity index (χ2n) is 8.57. The molecule has 5 heteroatoms. The number of nitrogens with zero attached hydrogens (tertiary/aromatic N) is 1. The molecule has 1 amide bonds. The molecule has 0 unspecified atom stereocenters. The van der Waals surface area contributed by atoms with Gasteiger partial charge in [-0.05, 0) is 56.3 Å². The molecule has 30 heavy (non-hydrogen) atoms. The summed E-state index contributed by atoms with van der Waals surface area (Å²) in [4.78, 5) is 31.1. The number of rotatable bonds is 6. The lowest BCUT2D eigenvalue weighted by Crippen LogP contribution is -2.38. The number of amides is 1. The Balaban J connectivity index is 1.25. The van der Waals surface area contributed by atoms with Crippen molar-refractivity contribution in [3.63, 3.8) is 0 Å². The van der Waals surface area contributed by atoms with Gasteiger partial charge in [0, 0.05) is 16.8 Å². The molecule has 1 aromatic heterocycles. The largest absolute Gasteiger partial charge is 0.350 e. The normalized spacial score (nSPS) is 17.9. The Morgan fingerprint density at radius 2 is 1.63 bits per heavy atom. The van der Waals surface area contributed by atoms with E-state index < -0.39 is 0 Å². The third-order valence-corrected chi connectivity index (χ3v) is 6.39. The summed E-state index contributed by atoms with van der Waals surface area (Å²) < 4.78 is 0. The van der Waals surface area contributed by atoms with Gasteiger partial charge in [-0.25, -0.2) is 0 Å². The molecule has 3 aromatic rings. The van der Waals surface area contributed by atoms with Gasteiger partial charge in [0.2, 0.25) is 5.91 Å². The molecule has 2 fully saturated rings. The van der Waals surface area contributed by atoms with Crippen LogP contribution in [0.25, 0.3) is 10.9 Å². The van der Waals surface area contributed by atoms with Crippen molar-refractivity contribution < 1.29 is 9.59 Å². The van der Waals surface area contributed by atoms with E-state index in [-0.39, 0.29) is 17.6 Å². The van der Waals surface area contributed by atoms with E-state index in [1.165, 1.54) is 5.56 Å². The molecule has 2 aliphatic rings. The van der Waals surface area contributed by atoms with Crippen LogP contribution in [0.4, 0.5) is 5.69 Å². The van der Waals surface area contributed by atoms with Gasteiger partial charge in [-0.15, -0.1) is 0 Å². The van der Waals surface area contributed by atoms with Crippen molar-refractivity contribution in [2.45, 2.75) is 31.6 Å². The van der Waals surface area contributed by atoms with Crippen LogP contribution in [-0.2, 0) is 4.79 Å². The number of hydrogen-bond acceptors (Lipinski definition) is 3. The molecule has 1 aliphatic heterocycles. The standard InChI is InChI=1S/C25H27N3O2/c29-22(16-28-14-12-18(13-15-28)17-6-2-1-3-7-17)27-23-20-8-4-5-9-21(20)26-24(23)25(30)19-10-11-19/h1-9,18-19,26H,10-16H2,(H,27,29). The fraction of sp³-hybridized carbons (Fsp3) is 0.360. The topological polar surface area (TPSA) is 65.2 Å². The third kappa shape index (κ3) is 3.90. The minimum atomic E-state index is -0.0530. The Morgan fingerprint density at radius 3 is 2.37 bits per heavy atom. The molecule has 2 heterocycles. The molecule has 0 bridgehead atoms. The number of H-pyrrole nitrogens is 1. The maximum absolute atomic E-state index is 12.9. The van der Waals surface area contributed by atoms with Crippen LogP contribution >= 0.6 is 0 Å². The molecule has 0 spiro atoms. The molecule has 0 atom stereocenters. The number of anilines is 1. The Labute approximate surface area is 176 Å². The molecule has 5 nitrogen and oxygen atoms in total. The molecule has 5 rings (SSSR count). The number of piperidine rings is 1. The van der Waals surface area contributed by atoms with Crippen molar-refractivity contribution >= 4 is 28.3 Å². The SMILES string of the molecule is O=C(CN1CCC(c2ccccc2)CC1)Nc1c(C(=O)C2CC2)[nH]c2ccccc12. The van der Waals surface area contributed by atoms with E-state index in [4.69, 9.17) is 0 Å². The number of fused-ring (bicyclic) bond motifs is 1. The average Bonchev–Trinajstić information content (AvgIpc) is 3.57. The molecule has 2 aromatic carbocycles. The van der Waals surface area contributed by atoms with Crippen LogP contribution in [0.1, 0.15) is 47.7 Å². The van der Waals surface area contributed by atoms with Crippen molar-refractivity contribution in [3.8, 4) is 0 Å². The summed E-state index contributed by atoms with van der Waals surface area (Å²) in [5, 5.41) is 3.96. The maximum atomic E-state index is 12.9. The molecule has 1 saturated heterocycles. The van der Waals surface area contributed by atoms with Gasteiger partial charge in [0.1, 0.15) is 5.69 Å². The lowest BCUT2D eigenvalue weighted by Gasteiger charge is -2.31. The highest BCUT2D eigenvalue weighted by molar-refractivity contribution is 6.14. The monoisotopic (exact) mass is 401 g/mol. The number of carbonyl (C=O) groups is 2. The number of hydrogen-bond donors (Lipinski definition) is 2. The summed E-state index contributed by atoms with van der Waals surface area (Å²) in [6.07, 6.45) is 4.02. The van der Waals surface area contributed by atoms with Crippen LogP contribution < -0.4 is 5.32 Å². The first-order valence-corrected chi connectivity index (χ1v) is 10.9. The summed E-state index contributed by atoms with van der Waals surface area (Å²) in [6.45, 7) is 2.18. The predicted octanol–water partition coefficient (Wildman–Crippen LogP) is 4.58. The first-order chi connectivity index (χ1) is 14.7. The number of ketones is 1. The zero-order valence-corrected chi connectivity index (χ0v) is 17.1. The fourth-order valence-electron chi connectivity index (χ4n) is 4.54. The van der Waals surface area contributed by atoms with Gasteiger partial charge in [-0.3, -0.25) is 14.5 Å². The van der Waals surface area contributed by atoms with Gasteiger partial charge in [0.25, 0.3) is 0 Å². The molecule has 0 radical (unpaired) electrons. The van der Waals surface area contributed by atoms with Crippen LogP contribution in [0.15, 0.2) is 54.6 Å². The van der Waals surface area contributed by atoms with E-state index >= 15 is 0 Å². The number of aromatic amines is 1. The second kappa shape index (κ2) is 8.07. The lowest BCUT2D eigenvalue weighted by molar-refractivity contribution is -0.117. The maximum Gasteiger partial charge on any atom is 0.238 e. The second-order valence-corrected chi connectivity index (χ2v) is 8.57.